The van der Waals surface area contributed by atoms with Crippen LogP contribution < -0.4 is 15.7 Å². The maximum absolute atomic E-state index is 13.1. The van der Waals surface area contributed by atoms with Crippen molar-refractivity contribution < 1.29 is 23.9 Å². The summed E-state index contributed by atoms with van der Waals surface area (Å²) in [4.78, 5) is 38.8. The molecule has 2 aromatic rings. The average molecular weight is 1040 g/mol. The molecule has 0 spiro atoms. The lowest BCUT2D eigenvalue weighted by Gasteiger charge is -2.41. The van der Waals surface area contributed by atoms with E-state index in [-0.39, 0.29) is 23.1 Å². The molecule has 0 heterocycles. The molecule has 73 heavy (non-hydrogen) atoms. The first-order chi connectivity index (χ1) is 35.6. The van der Waals surface area contributed by atoms with E-state index in [0.29, 0.717) is 42.6 Å². The molecule has 2 N–H and O–H groups in total. The third-order valence-corrected chi connectivity index (χ3v) is 24.1. The van der Waals surface area contributed by atoms with Crippen LogP contribution in [0.15, 0.2) is 60.7 Å². The summed E-state index contributed by atoms with van der Waals surface area (Å²) in [7, 11) is -3.02. The van der Waals surface area contributed by atoms with E-state index in [9.17, 15) is 14.4 Å². The van der Waals surface area contributed by atoms with Gasteiger partial charge in [-0.25, -0.2) is 0 Å². The maximum Gasteiger partial charge on any atom is 0.306 e. The van der Waals surface area contributed by atoms with E-state index >= 15 is 0 Å². The predicted octanol–water partition coefficient (Wildman–Crippen LogP) is 16.6. The smallest absolute Gasteiger partial charge is 0.306 e. The van der Waals surface area contributed by atoms with E-state index in [2.05, 4.69) is 105 Å². The lowest BCUT2D eigenvalue weighted by atomic mass is 9.86. The number of benzene rings is 2. The van der Waals surface area contributed by atoms with Crippen LogP contribution in [0.25, 0.3) is 0 Å². The summed E-state index contributed by atoms with van der Waals surface area (Å²) in [5.41, 5.74) is 0. The van der Waals surface area contributed by atoms with Crippen LogP contribution in [-0.4, -0.2) is 61.4 Å². The number of thioether (sulfide) groups is 1. The van der Waals surface area contributed by atoms with Crippen molar-refractivity contribution >= 4 is 42.4 Å². The number of nitrogens with one attached hydrogen (secondary N) is 1. The molecular weight excluding hydrogens is 935 g/mol. The number of hydrogen-bond donors (Lipinski definition) is 2. The van der Waals surface area contributed by atoms with Crippen molar-refractivity contribution in [1.29, 1.82) is 0 Å². The van der Waals surface area contributed by atoms with Crippen LogP contribution in [0.3, 0.4) is 0 Å². The average Bonchev–Trinajstić information content (AvgIpc) is 3.42. The van der Waals surface area contributed by atoms with Crippen LogP contribution in [0.4, 0.5) is 0 Å². The summed E-state index contributed by atoms with van der Waals surface area (Å²) in [6.07, 6.45) is 42.8. The van der Waals surface area contributed by atoms with Crippen molar-refractivity contribution in [2.75, 3.05) is 18.9 Å². The van der Waals surface area contributed by atoms with Crippen LogP contribution >= 0.6 is 11.8 Å². The molecule has 0 saturated heterocycles. The van der Waals surface area contributed by atoms with Crippen molar-refractivity contribution in [3.63, 3.8) is 0 Å². The van der Waals surface area contributed by atoms with E-state index in [1.54, 1.807) is 0 Å². The standard InChI is InChI=1S/C65H109NO5SSi/c1-5-7-14-28-56(48-52-70-63(67)46-42-54-30-16-9-17-31-54)40-44-58(66-51-27-13-26-50-65(3,4)73(69,59-34-20-11-21-35-59)60-36-22-12-23-37-60)45-41-57(29-15-8-6-2)49-53-72-62-39-25-24-38-61(62)71-64(68)47-43-55-32-18-10-19-33-55/h11-12,20-23,34-37,54-58,61-62,66,69H,5-10,13-19,24-33,38-53H2,1-4H3/t56?,57?,58?,61-,62-/m1/s1. The predicted molar refractivity (Wildman–Crippen MR) is 315 cm³/mol. The molecule has 3 fully saturated rings. The highest BCUT2D eigenvalue weighted by atomic mass is 32.2. The molecule has 0 aromatic heterocycles. The molecule has 3 aliphatic rings. The number of unbranched alkanes of at least 4 members (excludes halogenated alkanes) is 6. The summed E-state index contributed by atoms with van der Waals surface area (Å²) >= 11 is 2.12. The van der Waals surface area contributed by atoms with Gasteiger partial charge in [0, 0.05) is 24.1 Å². The minimum absolute atomic E-state index is 0.0186. The Morgan fingerprint density at radius 1 is 0.616 bits per heavy atom. The number of esters is 2. The van der Waals surface area contributed by atoms with Gasteiger partial charge in [-0.05, 0) is 135 Å². The molecule has 3 aliphatic carbocycles. The van der Waals surface area contributed by atoms with Crippen molar-refractivity contribution in [3.05, 3.63) is 60.7 Å². The van der Waals surface area contributed by atoms with Crippen molar-refractivity contribution in [2.24, 2.45) is 23.7 Å². The fourth-order valence-corrected chi connectivity index (χ4v) is 18.4. The Hall–Kier alpha value is -2.13. The highest BCUT2D eigenvalue weighted by molar-refractivity contribution is 7.99. The van der Waals surface area contributed by atoms with Gasteiger partial charge in [0.2, 0.25) is 0 Å². The highest BCUT2D eigenvalue weighted by Crippen LogP contribution is 2.41. The second-order valence-electron chi connectivity index (χ2n) is 24.3. The first-order valence-corrected chi connectivity index (χ1v) is 34.1. The van der Waals surface area contributed by atoms with Gasteiger partial charge >= 0.3 is 11.9 Å². The van der Waals surface area contributed by atoms with Crippen LogP contribution in [0.2, 0.25) is 5.04 Å². The summed E-state index contributed by atoms with van der Waals surface area (Å²) in [6.45, 7) is 10.8. The van der Waals surface area contributed by atoms with Gasteiger partial charge in [-0.1, -0.05) is 223 Å². The summed E-state index contributed by atoms with van der Waals surface area (Å²) < 4.78 is 12.2. The minimum atomic E-state index is -3.02. The molecule has 0 amide bonds. The van der Waals surface area contributed by atoms with E-state index in [1.165, 1.54) is 167 Å². The molecule has 0 radical (unpaired) electrons. The Balaban J connectivity index is 1.16. The number of ether oxygens (including phenoxy) is 2. The van der Waals surface area contributed by atoms with Crippen LogP contribution in [-0.2, 0) is 19.1 Å². The molecule has 6 nitrogen and oxygen atoms in total. The van der Waals surface area contributed by atoms with Gasteiger partial charge in [0.25, 0.3) is 8.32 Å². The zero-order valence-electron chi connectivity index (χ0n) is 47.4. The van der Waals surface area contributed by atoms with Gasteiger partial charge < -0.3 is 19.6 Å². The SMILES string of the molecule is CCCCCC(CCOC(=O)CCC1CCCCC1)CCC(CCC(CCCCC)CCS[C@@H]1CCCC[C@H]1OC(=O)CCC1CCCCC1)NCCCCCC(C)(C)[Si](O)(c1ccccc1)c1ccccc1. The van der Waals surface area contributed by atoms with Gasteiger partial charge in [0.05, 0.1) is 6.61 Å². The fraction of sp³-hybridized carbons (Fsp3) is 0.785. The van der Waals surface area contributed by atoms with Crippen molar-refractivity contribution in [3.8, 4) is 0 Å². The zero-order valence-corrected chi connectivity index (χ0v) is 49.2. The monoisotopic (exact) mass is 1040 g/mol. The number of carbonyl (C=O) groups excluding carboxylic acids is 2. The molecule has 0 aliphatic heterocycles. The largest absolute Gasteiger partial charge is 0.466 e. The number of carbonyl (C=O) groups is 2. The Morgan fingerprint density at radius 2 is 1.15 bits per heavy atom. The van der Waals surface area contributed by atoms with Crippen molar-refractivity contribution in [2.45, 2.75) is 281 Å². The van der Waals surface area contributed by atoms with Gasteiger partial charge in [0.1, 0.15) is 6.10 Å². The van der Waals surface area contributed by atoms with E-state index in [4.69, 9.17) is 9.47 Å². The fourth-order valence-electron chi connectivity index (χ4n) is 13.1. The Morgan fingerprint density at radius 3 is 1.73 bits per heavy atom. The second-order valence-corrected chi connectivity index (χ2v) is 29.5. The summed E-state index contributed by atoms with van der Waals surface area (Å²) in [5, 5.41) is 6.57. The van der Waals surface area contributed by atoms with Crippen LogP contribution in [0, 0.1) is 23.7 Å². The summed E-state index contributed by atoms with van der Waals surface area (Å²) in [6, 6.07) is 21.5. The van der Waals surface area contributed by atoms with Gasteiger partial charge in [-0.15, -0.1) is 0 Å². The minimum Gasteiger partial charge on any atom is -0.466 e. The maximum atomic E-state index is 13.1. The molecule has 5 atom stereocenters. The Labute approximate surface area is 453 Å². The highest BCUT2D eigenvalue weighted by Gasteiger charge is 2.49. The van der Waals surface area contributed by atoms with Crippen molar-refractivity contribution in [1.82, 2.24) is 5.32 Å². The first-order valence-electron chi connectivity index (χ1n) is 31.1. The first kappa shape index (κ1) is 61.7. The molecule has 3 unspecified atom stereocenters. The van der Waals surface area contributed by atoms with Gasteiger partial charge in [0.15, 0.2) is 0 Å². The zero-order chi connectivity index (χ0) is 51.8. The molecule has 5 rings (SSSR count). The van der Waals surface area contributed by atoms with E-state index in [1.807, 2.05) is 0 Å². The topological polar surface area (TPSA) is 84.9 Å². The molecule has 8 heteroatoms. The third kappa shape index (κ3) is 23.2. The van der Waals surface area contributed by atoms with Crippen LogP contribution in [0.1, 0.15) is 259 Å². The molecule has 2 aromatic carbocycles. The molecule has 3 saturated carbocycles. The Kier molecular flexibility index (Phi) is 30.5. The van der Waals surface area contributed by atoms with Crippen LogP contribution in [0.5, 0.6) is 0 Å². The van der Waals surface area contributed by atoms with Gasteiger partial charge in [-0.2, -0.15) is 11.8 Å². The third-order valence-electron chi connectivity index (χ3n) is 18.1. The lowest BCUT2D eigenvalue weighted by molar-refractivity contribution is -0.150. The second kappa shape index (κ2) is 36.1. The molecule has 414 valence electrons. The summed E-state index contributed by atoms with van der Waals surface area (Å²) in [5.74, 6) is 3.98. The molecular formula is C65H109NO5SSi. The van der Waals surface area contributed by atoms with E-state index in [0.717, 1.165) is 85.9 Å². The number of rotatable bonds is 38. The Bertz CT molecular complexity index is 1680. The van der Waals surface area contributed by atoms with E-state index < -0.39 is 8.32 Å². The molecule has 0 bridgehead atoms. The lowest BCUT2D eigenvalue weighted by Crippen LogP contribution is -2.65. The quantitative estimate of drug-likeness (QED) is 0.0394. The van der Waals surface area contributed by atoms with Gasteiger partial charge in [-0.3, -0.25) is 9.59 Å². The number of hydrogen-bond acceptors (Lipinski definition) is 7. The normalized spacial score (nSPS) is 19.6.